The fourth-order valence-electron chi connectivity index (χ4n) is 1.45. The molecule has 0 aliphatic carbocycles. The molecular weight excluding hydrogens is 276 g/mol. The summed E-state index contributed by atoms with van der Waals surface area (Å²) in [7, 11) is 1.96. The van der Waals surface area contributed by atoms with Gasteiger partial charge in [-0.05, 0) is 32.4 Å². The first-order valence-corrected chi connectivity index (χ1v) is 7.98. The number of rotatable bonds is 8. The molecule has 0 bridgehead atoms. The summed E-state index contributed by atoms with van der Waals surface area (Å²) in [6.07, 6.45) is 9.06. The van der Waals surface area contributed by atoms with E-state index in [1.165, 1.54) is 0 Å². The van der Waals surface area contributed by atoms with Crippen LogP contribution in [0.4, 0.5) is 0 Å². The number of imide groups is 1. The van der Waals surface area contributed by atoms with E-state index in [0.717, 1.165) is 5.70 Å². The van der Waals surface area contributed by atoms with E-state index in [1.54, 1.807) is 6.08 Å². The van der Waals surface area contributed by atoms with E-state index in [-0.39, 0.29) is 11.9 Å². The standard InChI is InChI=1S/C14H22N2O2.2C2H6/c1-5-7-8-13(6-2)16(4)12(3)9-10-14(18)15-11-17;2*1-2/h5-8,11-12H,2,9-10H2,1,3-4H3,(H,15,17,18);2*1-2H3/b7-5-,13-8+;;. The Morgan fingerprint density at radius 3 is 2.23 bits per heavy atom. The Balaban J connectivity index is -0.000000826. The first-order chi connectivity index (χ1) is 10.6. The van der Waals surface area contributed by atoms with Gasteiger partial charge in [-0.25, -0.2) is 0 Å². The van der Waals surface area contributed by atoms with Gasteiger partial charge in [-0.2, -0.15) is 0 Å². The van der Waals surface area contributed by atoms with Crippen molar-refractivity contribution in [2.45, 2.75) is 60.4 Å². The van der Waals surface area contributed by atoms with Crippen molar-refractivity contribution in [3.05, 3.63) is 36.6 Å². The van der Waals surface area contributed by atoms with E-state index in [9.17, 15) is 9.59 Å². The zero-order chi connectivity index (χ0) is 18.0. The van der Waals surface area contributed by atoms with Crippen molar-refractivity contribution < 1.29 is 9.59 Å². The van der Waals surface area contributed by atoms with Gasteiger partial charge in [0.2, 0.25) is 12.3 Å². The SMILES string of the molecule is C=C/C(=C\C=C/C)N(C)C(C)CCC(=O)NC=O.CC.CC. The van der Waals surface area contributed by atoms with Gasteiger partial charge in [0, 0.05) is 25.2 Å². The van der Waals surface area contributed by atoms with Gasteiger partial charge in [-0.1, -0.05) is 46.4 Å². The maximum absolute atomic E-state index is 11.2. The van der Waals surface area contributed by atoms with E-state index in [0.29, 0.717) is 19.3 Å². The number of nitrogens with zero attached hydrogens (tertiary/aromatic N) is 1. The number of carbonyl (C=O) groups is 2. The summed E-state index contributed by atoms with van der Waals surface area (Å²) in [5, 5.41) is 2.13. The molecule has 128 valence electrons. The third kappa shape index (κ3) is 13.2. The molecule has 0 aliphatic heterocycles. The van der Waals surface area contributed by atoms with Gasteiger partial charge in [-0.3, -0.25) is 14.9 Å². The summed E-state index contributed by atoms with van der Waals surface area (Å²) in [5.74, 6) is -0.247. The van der Waals surface area contributed by atoms with Crippen molar-refractivity contribution in [1.82, 2.24) is 10.2 Å². The molecule has 0 saturated heterocycles. The highest BCUT2D eigenvalue weighted by atomic mass is 16.2. The van der Waals surface area contributed by atoms with Crippen molar-refractivity contribution in [3.8, 4) is 0 Å². The molecule has 0 fully saturated rings. The quantitative estimate of drug-likeness (QED) is 0.543. The molecule has 0 radical (unpaired) electrons. The van der Waals surface area contributed by atoms with E-state index in [1.807, 2.05) is 66.8 Å². The van der Waals surface area contributed by atoms with Crippen LogP contribution in [0.15, 0.2) is 36.6 Å². The van der Waals surface area contributed by atoms with Crippen molar-refractivity contribution >= 4 is 12.3 Å². The number of amides is 2. The smallest absolute Gasteiger partial charge is 0.226 e. The van der Waals surface area contributed by atoms with Crippen LogP contribution in [-0.2, 0) is 9.59 Å². The predicted octanol–water partition coefficient (Wildman–Crippen LogP) is 4.06. The maximum Gasteiger partial charge on any atom is 0.226 e. The van der Waals surface area contributed by atoms with E-state index in [2.05, 4.69) is 16.8 Å². The number of hydrogen-bond acceptors (Lipinski definition) is 3. The second-order valence-electron chi connectivity index (χ2n) is 4.01. The fourth-order valence-corrected chi connectivity index (χ4v) is 1.45. The van der Waals surface area contributed by atoms with E-state index < -0.39 is 0 Å². The van der Waals surface area contributed by atoms with Gasteiger partial charge in [-0.15, -0.1) is 0 Å². The van der Waals surface area contributed by atoms with E-state index in [4.69, 9.17) is 0 Å². The van der Waals surface area contributed by atoms with Crippen molar-refractivity contribution in [2.75, 3.05) is 7.05 Å². The molecule has 1 N–H and O–H groups in total. The highest BCUT2D eigenvalue weighted by molar-refractivity contribution is 5.85. The lowest BCUT2D eigenvalue weighted by Crippen LogP contribution is -2.30. The molecular formula is C18H34N2O2. The molecule has 0 aliphatic rings. The minimum atomic E-state index is -0.247. The largest absolute Gasteiger partial charge is 0.372 e. The van der Waals surface area contributed by atoms with Gasteiger partial charge in [0.25, 0.3) is 0 Å². The third-order valence-corrected chi connectivity index (χ3v) is 2.75. The van der Waals surface area contributed by atoms with Crippen LogP contribution in [0.3, 0.4) is 0 Å². The summed E-state index contributed by atoms with van der Waals surface area (Å²) in [4.78, 5) is 23.3. The molecule has 0 spiro atoms. The topological polar surface area (TPSA) is 49.4 Å². The molecule has 0 aromatic carbocycles. The van der Waals surface area contributed by atoms with Crippen LogP contribution in [0.2, 0.25) is 0 Å². The molecule has 1 atom stereocenters. The molecule has 2 amide bonds. The van der Waals surface area contributed by atoms with Crippen molar-refractivity contribution in [3.63, 3.8) is 0 Å². The minimum absolute atomic E-state index is 0.192. The van der Waals surface area contributed by atoms with Crippen LogP contribution < -0.4 is 5.32 Å². The number of carbonyl (C=O) groups excluding carboxylic acids is 2. The second-order valence-corrected chi connectivity index (χ2v) is 4.01. The Morgan fingerprint density at radius 2 is 1.82 bits per heavy atom. The first kappa shape index (κ1) is 25.1. The first-order valence-electron chi connectivity index (χ1n) is 7.98. The van der Waals surface area contributed by atoms with Crippen LogP contribution >= 0.6 is 0 Å². The van der Waals surface area contributed by atoms with Gasteiger partial charge < -0.3 is 4.90 Å². The summed E-state index contributed by atoms with van der Waals surface area (Å²) >= 11 is 0. The number of allylic oxidation sites excluding steroid dienone is 4. The van der Waals surface area contributed by atoms with Crippen LogP contribution in [0.5, 0.6) is 0 Å². The lowest BCUT2D eigenvalue weighted by Gasteiger charge is -2.27. The van der Waals surface area contributed by atoms with E-state index >= 15 is 0 Å². The summed E-state index contributed by atoms with van der Waals surface area (Å²) < 4.78 is 0. The summed E-state index contributed by atoms with van der Waals surface area (Å²) in [6, 6.07) is 0.192. The average molecular weight is 310 g/mol. The number of nitrogens with one attached hydrogen (secondary N) is 1. The maximum atomic E-state index is 11.2. The van der Waals surface area contributed by atoms with Gasteiger partial charge in [0.15, 0.2) is 0 Å². The highest BCUT2D eigenvalue weighted by Gasteiger charge is 2.11. The second kappa shape index (κ2) is 19.2. The third-order valence-electron chi connectivity index (χ3n) is 2.75. The predicted molar refractivity (Wildman–Crippen MR) is 96.5 cm³/mol. The van der Waals surface area contributed by atoms with Gasteiger partial charge in [0.1, 0.15) is 0 Å². The van der Waals surface area contributed by atoms with Gasteiger partial charge >= 0.3 is 0 Å². The molecule has 0 aromatic heterocycles. The fraction of sp³-hybridized carbons (Fsp3) is 0.556. The molecule has 22 heavy (non-hydrogen) atoms. The van der Waals surface area contributed by atoms with Crippen LogP contribution in [0.25, 0.3) is 0 Å². The Bertz CT molecular complexity index is 347. The molecule has 1 unspecified atom stereocenters. The Kier molecular flexibility index (Phi) is 21.9. The molecule has 0 aromatic rings. The van der Waals surface area contributed by atoms with Crippen LogP contribution in [-0.4, -0.2) is 30.3 Å². The Hall–Kier alpha value is -1.84. The number of likely N-dealkylation sites (N-methyl/N-ethyl adjacent to an activating group) is 1. The zero-order valence-corrected chi connectivity index (χ0v) is 15.3. The zero-order valence-electron chi connectivity index (χ0n) is 15.3. The summed E-state index contributed by atoms with van der Waals surface area (Å²) in [6.45, 7) is 15.8. The molecule has 4 nitrogen and oxygen atoms in total. The Morgan fingerprint density at radius 1 is 1.27 bits per heavy atom. The monoisotopic (exact) mass is 310 g/mol. The van der Waals surface area contributed by atoms with Crippen LogP contribution in [0, 0.1) is 0 Å². The molecule has 0 heterocycles. The van der Waals surface area contributed by atoms with Crippen molar-refractivity contribution in [1.29, 1.82) is 0 Å². The molecule has 4 heteroatoms. The molecule has 0 rings (SSSR count). The van der Waals surface area contributed by atoms with Crippen LogP contribution in [0.1, 0.15) is 54.4 Å². The minimum Gasteiger partial charge on any atom is -0.372 e. The lowest BCUT2D eigenvalue weighted by molar-refractivity contribution is -0.125. The summed E-state index contributed by atoms with van der Waals surface area (Å²) in [5.41, 5.74) is 0.997. The average Bonchev–Trinajstić information content (AvgIpc) is 2.57. The van der Waals surface area contributed by atoms with Gasteiger partial charge in [0.05, 0.1) is 0 Å². The normalized spacial score (nSPS) is 11.3. The Labute approximate surface area is 137 Å². The lowest BCUT2D eigenvalue weighted by atomic mass is 10.1. The highest BCUT2D eigenvalue weighted by Crippen LogP contribution is 2.12. The molecule has 0 saturated carbocycles. The van der Waals surface area contributed by atoms with Crippen molar-refractivity contribution in [2.24, 2.45) is 0 Å². The number of hydrogen-bond donors (Lipinski definition) is 1.